The number of hydrogen-bond donors (Lipinski definition) is 2. The van der Waals surface area contributed by atoms with Gasteiger partial charge in [0.1, 0.15) is 16.5 Å². The zero-order valence-corrected chi connectivity index (χ0v) is 18.0. The number of methoxy groups -OCH3 is 1. The van der Waals surface area contributed by atoms with Crippen LogP contribution in [-0.2, 0) is 5.75 Å². The minimum Gasteiger partial charge on any atom is -0.495 e. The van der Waals surface area contributed by atoms with E-state index in [0.717, 1.165) is 21.3 Å². The van der Waals surface area contributed by atoms with Crippen LogP contribution in [0.4, 0.5) is 17.6 Å². The largest absolute Gasteiger partial charge is 0.495 e. The van der Waals surface area contributed by atoms with E-state index in [1.807, 2.05) is 38.1 Å². The van der Waals surface area contributed by atoms with Crippen LogP contribution in [0.5, 0.6) is 5.75 Å². The van der Waals surface area contributed by atoms with E-state index in [-0.39, 0.29) is 5.95 Å². The molecule has 3 N–H and O–H groups in total. The monoisotopic (exact) mass is 442 g/mol. The van der Waals surface area contributed by atoms with E-state index in [0.29, 0.717) is 34.4 Å². The number of ether oxygens (including phenoxy) is 1. The topological polar surface area (TPSA) is 138 Å². The molecule has 0 saturated carbocycles. The molecule has 3 heterocycles. The highest BCUT2D eigenvalue weighted by Crippen LogP contribution is 2.31. The summed E-state index contributed by atoms with van der Waals surface area (Å²) in [7, 11) is 1.60. The lowest BCUT2D eigenvalue weighted by atomic mass is 10.3. The van der Waals surface area contributed by atoms with Crippen molar-refractivity contribution in [3.05, 3.63) is 40.8 Å². The molecule has 0 aliphatic heterocycles. The number of thioether (sulfide) groups is 1. The van der Waals surface area contributed by atoms with Crippen LogP contribution in [-0.4, -0.2) is 37.2 Å². The summed E-state index contributed by atoms with van der Waals surface area (Å²) in [6.45, 7) is 3.86. The van der Waals surface area contributed by atoms with Gasteiger partial charge in [-0.25, -0.2) is 4.98 Å². The Kier molecular flexibility index (Phi) is 5.77. The molecule has 0 spiro atoms. The lowest BCUT2D eigenvalue weighted by Gasteiger charge is -2.10. The third kappa shape index (κ3) is 4.49. The Morgan fingerprint density at radius 1 is 1.13 bits per heavy atom. The highest BCUT2D eigenvalue weighted by atomic mass is 32.2. The summed E-state index contributed by atoms with van der Waals surface area (Å²) in [6, 6.07) is 7.45. The van der Waals surface area contributed by atoms with Gasteiger partial charge in [0.05, 0.1) is 29.3 Å². The first-order chi connectivity index (χ1) is 14.5. The Morgan fingerprint density at radius 3 is 2.73 bits per heavy atom. The average Bonchev–Trinajstić information content (AvgIpc) is 3.32. The molecule has 0 aliphatic carbocycles. The van der Waals surface area contributed by atoms with E-state index in [2.05, 4.69) is 35.5 Å². The fourth-order valence-corrected chi connectivity index (χ4v) is 4.10. The second-order valence-corrected chi connectivity index (χ2v) is 8.20. The molecule has 3 aromatic heterocycles. The number of anilines is 3. The number of nitrogen functional groups attached to an aromatic ring is 1. The number of hydrogen-bond acceptors (Lipinski definition) is 12. The summed E-state index contributed by atoms with van der Waals surface area (Å²) < 4.78 is 11.1. The lowest BCUT2D eigenvalue weighted by Crippen LogP contribution is -2.07. The molecule has 0 atom stereocenters. The first kappa shape index (κ1) is 20.0. The molecule has 0 radical (unpaired) electrons. The summed E-state index contributed by atoms with van der Waals surface area (Å²) in [6.07, 6.45) is 0. The van der Waals surface area contributed by atoms with E-state index in [4.69, 9.17) is 14.9 Å². The third-order valence-corrected chi connectivity index (χ3v) is 5.76. The van der Waals surface area contributed by atoms with E-state index in [1.165, 1.54) is 23.1 Å². The summed E-state index contributed by atoms with van der Waals surface area (Å²) in [4.78, 5) is 18.0. The van der Waals surface area contributed by atoms with Crippen LogP contribution in [0.2, 0.25) is 0 Å². The summed E-state index contributed by atoms with van der Waals surface area (Å²) >= 11 is 2.83. The van der Waals surface area contributed by atoms with Gasteiger partial charge in [-0.1, -0.05) is 23.9 Å². The number of rotatable bonds is 7. The van der Waals surface area contributed by atoms with Gasteiger partial charge in [0.2, 0.25) is 11.9 Å². The van der Waals surface area contributed by atoms with Gasteiger partial charge in [0.25, 0.3) is 11.1 Å². The van der Waals surface area contributed by atoms with Gasteiger partial charge in [0.15, 0.2) is 0 Å². The quantitative estimate of drug-likeness (QED) is 0.406. The Labute approximate surface area is 180 Å². The molecular formula is C18H18N8O2S2. The van der Waals surface area contributed by atoms with Crippen LogP contribution in [0.15, 0.2) is 33.9 Å². The predicted octanol–water partition coefficient (Wildman–Crippen LogP) is 3.62. The maximum Gasteiger partial charge on any atom is 0.277 e. The van der Waals surface area contributed by atoms with Crippen molar-refractivity contribution >= 4 is 40.7 Å². The number of thiazole rings is 1. The van der Waals surface area contributed by atoms with Gasteiger partial charge < -0.3 is 20.2 Å². The van der Waals surface area contributed by atoms with E-state index < -0.39 is 0 Å². The van der Waals surface area contributed by atoms with Crippen molar-refractivity contribution < 1.29 is 9.15 Å². The molecule has 154 valence electrons. The van der Waals surface area contributed by atoms with E-state index in [9.17, 15) is 0 Å². The molecule has 4 rings (SSSR count). The molecule has 10 nitrogen and oxygen atoms in total. The zero-order chi connectivity index (χ0) is 21.1. The van der Waals surface area contributed by atoms with Crippen LogP contribution >= 0.6 is 23.1 Å². The number of aryl methyl sites for hydroxylation is 2. The van der Waals surface area contributed by atoms with Crippen LogP contribution in [0, 0.1) is 13.8 Å². The smallest absolute Gasteiger partial charge is 0.277 e. The van der Waals surface area contributed by atoms with Crippen molar-refractivity contribution in [1.29, 1.82) is 0 Å². The predicted molar refractivity (Wildman–Crippen MR) is 115 cm³/mol. The summed E-state index contributed by atoms with van der Waals surface area (Å²) in [5.74, 6) is 2.42. The van der Waals surface area contributed by atoms with Crippen molar-refractivity contribution in [1.82, 2.24) is 30.1 Å². The number of nitrogens with one attached hydrogen (secondary N) is 1. The van der Waals surface area contributed by atoms with Gasteiger partial charge in [-0.2, -0.15) is 15.0 Å². The number of nitrogens with two attached hydrogens (primary N) is 1. The number of nitrogens with zero attached hydrogens (tertiary/aromatic N) is 6. The highest BCUT2D eigenvalue weighted by Gasteiger charge is 2.16. The third-order valence-electron chi connectivity index (χ3n) is 3.88. The molecular weight excluding hydrogens is 424 g/mol. The number of aromatic nitrogens is 6. The lowest BCUT2D eigenvalue weighted by molar-refractivity contribution is 0.417. The Morgan fingerprint density at radius 2 is 1.97 bits per heavy atom. The second-order valence-electron chi connectivity index (χ2n) is 6.07. The minimum atomic E-state index is 0.111. The number of benzene rings is 1. The fraction of sp³-hybridized carbons (Fsp3) is 0.222. The molecule has 0 amide bonds. The Balaban J connectivity index is 1.47. The number of para-hydroxylation sites is 2. The van der Waals surface area contributed by atoms with Gasteiger partial charge >= 0.3 is 0 Å². The van der Waals surface area contributed by atoms with Gasteiger partial charge in [-0.05, 0) is 26.0 Å². The molecule has 12 heteroatoms. The van der Waals surface area contributed by atoms with Crippen LogP contribution in [0.3, 0.4) is 0 Å². The van der Waals surface area contributed by atoms with Crippen LogP contribution in [0.25, 0.3) is 10.8 Å². The van der Waals surface area contributed by atoms with Gasteiger partial charge in [-0.3, -0.25) is 0 Å². The first-order valence-corrected chi connectivity index (χ1v) is 10.6. The Hall–Kier alpha value is -3.25. The van der Waals surface area contributed by atoms with E-state index in [1.54, 1.807) is 7.11 Å². The standard InChI is InChI=1S/C18H18N8O2S2/c1-9-14(30-10(2)20-9)15-25-26-18(28-15)29-8-13-22-16(19)24-17(23-13)21-11-6-4-5-7-12(11)27-3/h4-7H,8H2,1-3H3,(H3,19,21,22,23,24). The molecule has 0 saturated heterocycles. The van der Waals surface area contributed by atoms with Crippen LogP contribution in [0.1, 0.15) is 16.5 Å². The van der Waals surface area contributed by atoms with E-state index >= 15 is 0 Å². The minimum absolute atomic E-state index is 0.111. The summed E-state index contributed by atoms with van der Waals surface area (Å²) in [5.41, 5.74) is 7.45. The maximum absolute atomic E-state index is 5.85. The maximum atomic E-state index is 5.85. The second kappa shape index (κ2) is 8.63. The van der Waals surface area contributed by atoms with Crippen molar-refractivity contribution in [3.63, 3.8) is 0 Å². The highest BCUT2D eigenvalue weighted by molar-refractivity contribution is 7.98. The molecule has 0 unspecified atom stereocenters. The van der Waals surface area contributed by atoms with Crippen LogP contribution < -0.4 is 15.8 Å². The van der Waals surface area contributed by atoms with Crippen molar-refractivity contribution in [2.75, 3.05) is 18.2 Å². The van der Waals surface area contributed by atoms with Crippen molar-refractivity contribution in [3.8, 4) is 16.5 Å². The van der Waals surface area contributed by atoms with Gasteiger partial charge in [-0.15, -0.1) is 21.5 Å². The molecule has 0 aliphatic rings. The first-order valence-electron chi connectivity index (χ1n) is 8.83. The normalized spacial score (nSPS) is 10.9. The molecule has 30 heavy (non-hydrogen) atoms. The molecule has 0 bridgehead atoms. The Bertz CT molecular complexity index is 1180. The van der Waals surface area contributed by atoms with Crippen molar-refractivity contribution in [2.45, 2.75) is 24.8 Å². The SMILES string of the molecule is COc1ccccc1Nc1nc(N)nc(CSc2nnc(-c3sc(C)nc3C)o2)n1. The van der Waals surface area contributed by atoms with Gasteiger partial charge in [0, 0.05) is 0 Å². The molecule has 0 fully saturated rings. The molecule has 4 aromatic rings. The summed E-state index contributed by atoms with van der Waals surface area (Å²) in [5, 5.41) is 12.7. The fourth-order valence-electron chi connectivity index (χ4n) is 2.64. The average molecular weight is 443 g/mol. The molecule has 1 aromatic carbocycles. The van der Waals surface area contributed by atoms with Crippen molar-refractivity contribution in [2.24, 2.45) is 0 Å². The zero-order valence-electron chi connectivity index (χ0n) is 16.4.